The molecule has 3 heterocycles. The predicted molar refractivity (Wildman–Crippen MR) is 121 cm³/mol. The Morgan fingerprint density at radius 1 is 1.26 bits per heavy atom. The van der Waals surface area contributed by atoms with Crippen LogP contribution in [0.4, 0.5) is 9.52 Å². The summed E-state index contributed by atoms with van der Waals surface area (Å²) in [5.41, 5.74) is 0.101. The van der Waals surface area contributed by atoms with E-state index in [1.54, 1.807) is 0 Å². The number of sulfonamides is 1. The maximum atomic E-state index is 13.2. The van der Waals surface area contributed by atoms with Gasteiger partial charge in [0.15, 0.2) is 31.9 Å². The fourth-order valence-corrected chi connectivity index (χ4v) is 6.70. The molecule has 34 heavy (non-hydrogen) atoms. The molecule has 1 aromatic heterocycles. The number of hydrogen-bond donors (Lipinski definition) is 1. The van der Waals surface area contributed by atoms with E-state index < -0.39 is 30.9 Å². The second-order valence-electron chi connectivity index (χ2n) is 7.53. The van der Waals surface area contributed by atoms with E-state index in [9.17, 15) is 26.0 Å². The van der Waals surface area contributed by atoms with Crippen LogP contribution in [0.5, 0.6) is 0 Å². The van der Waals surface area contributed by atoms with Crippen molar-refractivity contribution in [2.45, 2.75) is 17.4 Å². The SMILES string of the molecule is O=C(Nc1ncc(F)s1)C(=NO[C@@H]1CCOC1)c1ccc(S(=O)(=O)N2CCS(=O)(=O)CC2)cc1. The van der Waals surface area contributed by atoms with Gasteiger partial charge < -0.3 is 9.57 Å². The number of aromatic nitrogens is 1. The van der Waals surface area contributed by atoms with Gasteiger partial charge in [0.05, 0.1) is 35.8 Å². The first-order chi connectivity index (χ1) is 16.1. The largest absolute Gasteiger partial charge is 0.389 e. The molecule has 1 atom stereocenters. The van der Waals surface area contributed by atoms with E-state index in [-0.39, 0.29) is 52.0 Å². The highest BCUT2D eigenvalue weighted by Gasteiger charge is 2.31. The molecule has 0 radical (unpaired) electrons. The Bertz CT molecular complexity index is 1270. The molecule has 2 aliphatic heterocycles. The number of sulfone groups is 1. The number of nitrogens with zero attached hydrogens (tertiary/aromatic N) is 3. The molecule has 2 saturated heterocycles. The van der Waals surface area contributed by atoms with Gasteiger partial charge in [-0.2, -0.15) is 8.70 Å². The van der Waals surface area contributed by atoms with Crippen LogP contribution in [0.2, 0.25) is 0 Å². The van der Waals surface area contributed by atoms with Crippen molar-refractivity contribution in [2.75, 3.05) is 43.1 Å². The zero-order valence-electron chi connectivity index (χ0n) is 17.7. The summed E-state index contributed by atoms with van der Waals surface area (Å²) in [5.74, 6) is -1.19. The number of ether oxygens (including phenoxy) is 1. The molecule has 184 valence electrons. The number of amides is 1. The molecule has 0 spiro atoms. The minimum Gasteiger partial charge on any atom is -0.389 e. The van der Waals surface area contributed by atoms with Gasteiger partial charge in [-0.3, -0.25) is 10.1 Å². The molecule has 0 aliphatic carbocycles. The van der Waals surface area contributed by atoms with Gasteiger partial charge in [-0.15, -0.1) is 0 Å². The number of hydrogen-bond acceptors (Lipinski definition) is 10. The van der Waals surface area contributed by atoms with Gasteiger partial charge in [0.2, 0.25) is 10.0 Å². The van der Waals surface area contributed by atoms with Gasteiger partial charge in [-0.25, -0.2) is 21.8 Å². The summed E-state index contributed by atoms with van der Waals surface area (Å²) < 4.78 is 68.6. The highest BCUT2D eigenvalue weighted by molar-refractivity contribution is 7.92. The maximum absolute atomic E-state index is 13.2. The van der Waals surface area contributed by atoms with Crippen molar-refractivity contribution in [3.05, 3.63) is 41.2 Å². The van der Waals surface area contributed by atoms with Crippen LogP contribution in [-0.2, 0) is 34.2 Å². The average Bonchev–Trinajstić information content (AvgIpc) is 3.46. The normalized spacial score (nSPS) is 21.3. The lowest BCUT2D eigenvalue weighted by molar-refractivity contribution is -0.110. The van der Waals surface area contributed by atoms with Crippen molar-refractivity contribution in [1.82, 2.24) is 9.29 Å². The van der Waals surface area contributed by atoms with Crippen LogP contribution in [0.3, 0.4) is 0 Å². The van der Waals surface area contributed by atoms with Crippen LogP contribution in [0.15, 0.2) is 40.5 Å². The lowest BCUT2D eigenvalue weighted by Crippen LogP contribution is -2.43. The summed E-state index contributed by atoms with van der Waals surface area (Å²) in [6, 6.07) is 5.39. The lowest BCUT2D eigenvalue weighted by Gasteiger charge is -2.26. The Labute approximate surface area is 199 Å². The van der Waals surface area contributed by atoms with Crippen molar-refractivity contribution in [3.8, 4) is 0 Å². The van der Waals surface area contributed by atoms with E-state index in [1.807, 2.05) is 0 Å². The van der Waals surface area contributed by atoms with Crippen molar-refractivity contribution < 1.29 is 35.6 Å². The molecule has 15 heteroatoms. The van der Waals surface area contributed by atoms with E-state index in [0.717, 1.165) is 10.5 Å². The quantitative estimate of drug-likeness (QED) is 0.408. The topological polar surface area (TPSA) is 144 Å². The monoisotopic (exact) mass is 532 g/mol. The van der Waals surface area contributed by atoms with Crippen LogP contribution < -0.4 is 5.32 Å². The maximum Gasteiger partial charge on any atom is 0.280 e. The van der Waals surface area contributed by atoms with Crippen LogP contribution in [0, 0.1) is 5.13 Å². The van der Waals surface area contributed by atoms with Crippen LogP contribution in [0.1, 0.15) is 12.0 Å². The number of oxime groups is 1. The van der Waals surface area contributed by atoms with Gasteiger partial charge in [0.25, 0.3) is 5.91 Å². The Morgan fingerprint density at radius 2 is 1.97 bits per heavy atom. The third-order valence-electron chi connectivity index (χ3n) is 5.16. The Balaban J connectivity index is 1.56. The summed E-state index contributed by atoms with van der Waals surface area (Å²) in [6.45, 7) is 0.579. The molecule has 1 aromatic carbocycles. The summed E-state index contributed by atoms with van der Waals surface area (Å²) >= 11 is 0.640. The number of carbonyl (C=O) groups is 1. The number of halogens is 1. The Morgan fingerprint density at radius 3 is 2.56 bits per heavy atom. The predicted octanol–water partition coefficient (Wildman–Crippen LogP) is 0.850. The molecule has 0 saturated carbocycles. The molecule has 1 amide bonds. The molecular weight excluding hydrogens is 511 g/mol. The average molecular weight is 533 g/mol. The van der Waals surface area contributed by atoms with Crippen molar-refractivity contribution in [3.63, 3.8) is 0 Å². The minimum atomic E-state index is -3.92. The number of anilines is 1. The first-order valence-corrected chi connectivity index (χ1v) is 14.3. The zero-order chi connectivity index (χ0) is 24.3. The highest BCUT2D eigenvalue weighted by Crippen LogP contribution is 2.21. The number of thiazole rings is 1. The van der Waals surface area contributed by atoms with Crippen LogP contribution in [0.25, 0.3) is 0 Å². The molecular formula is C19H21FN4O7S3. The van der Waals surface area contributed by atoms with Crippen molar-refractivity contribution >= 4 is 47.9 Å². The summed E-state index contributed by atoms with van der Waals surface area (Å²) in [4.78, 5) is 21.9. The molecule has 1 N–H and O–H groups in total. The van der Waals surface area contributed by atoms with E-state index in [2.05, 4.69) is 15.5 Å². The molecule has 2 fully saturated rings. The van der Waals surface area contributed by atoms with E-state index in [0.29, 0.717) is 31.0 Å². The fraction of sp³-hybridized carbons (Fsp3) is 0.421. The number of rotatable bonds is 7. The molecule has 2 aromatic rings. The molecule has 0 unspecified atom stereocenters. The molecule has 4 rings (SSSR count). The van der Waals surface area contributed by atoms with Gasteiger partial charge in [-0.1, -0.05) is 28.6 Å². The Hall–Kier alpha value is -2.46. The third-order valence-corrected chi connectivity index (χ3v) is 9.39. The standard InChI is InChI=1S/C19H21FN4O7S3/c20-16-11-21-19(32-16)22-18(25)17(23-31-14-5-8-30-12-14)13-1-3-15(4-2-13)34(28,29)24-6-9-33(26,27)10-7-24/h1-4,11,14H,5-10,12H2,(H,21,22,25)/t14-/m1/s1. The summed E-state index contributed by atoms with van der Waals surface area (Å²) in [7, 11) is -7.16. The zero-order valence-corrected chi connectivity index (χ0v) is 20.2. The first kappa shape index (κ1) is 24.7. The van der Waals surface area contributed by atoms with Crippen LogP contribution in [-0.4, -0.2) is 81.7 Å². The van der Waals surface area contributed by atoms with Gasteiger partial charge in [0, 0.05) is 25.1 Å². The third kappa shape index (κ3) is 5.78. The smallest absolute Gasteiger partial charge is 0.280 e. The van der Waals surface area contributed by atoms with Crippen LogP contribution >= 0.6 is 11.3 Å². The minimum absolute atomic E-state index is 0.0265. The first-order valence-electron chi connectivity index (χ1n) is 10.2. The second kappa shape index (κ2) is 10.0. The second-order valence-corrected chi connectivity index (χ2v) is 12.8. The Kier molecular flexibility index (Phi) is 7.28. The molecule has 11 nitrogen and oxygen atoms in total. The number of benzene rings is 1. The summed E-state index contributed by atoms with van der Waals surface area (Å²) in [5, 5.41) is 5.85. The van der Waals surface area contributed by atoms with Gasteiger partial charge in [-0.05, 0) is 12.1 Å². The van der Waals surface area contributed by atoms with Crippen molar-refractivity contribution in [2.24, 2.45) is 5.16 Å². The van der Waals surface area contributed by atoms with Gasteiger partial charge in [0.1, 0.15) is 0 Å². The summed E-state index contributed by atoms with van der Waals surface area (Å²) in [6.07, 6.45) is 1.23. The van der Waals surface area contributed by atoms with E-state index in [1.165, 1.54) is 24.3 Å². The number of nitrogens with one attached hydrogen (secondary N) is 1. The number of carbonyl (C=O) groups excluding carboxylic acids is 1. The molecule has 2 aliphatic rings. The van der Waals surface area contributed by atoms with Gasteiger partial charge >= 0.3 is 0 Å². The fourth-order valence-electron chi connectivity index (χ4n) is 3.29. The van der Waals surface area contributed by atoms with E-state index >= 15 is 0 Å². The highest BCUT2D eigenvalue weighted by atomic mass is 32.2. The van der Waals surface area contributed by atoms with Crippen molar-refractivity contribution in [1.29, 1.82) is 0 Å². The van der Waals surface area contributed by atoms with E-state index in [4.69, 9.17) is 9.57 Å². The molecule has 0 bridgehead atoms. The lowest BCUT2D eigenvalue weighted by atomic mass is 10.1.